The van der Waals surface area contributed by atoms with Gasteiger partial charge in [0, 0.05) is 27.2 Å². The van der Waals surface area contributed by atoms with Gasteiger partial charge in [-0.05, 0) is 51.7 Å². The van der Waals surface area contributed by atoms with Gasteiger partial charge in [0.25, 0.3) is 0 Å². The van der Waals surface area contributed by atoms with E-state index in [1.54, 1.807) is 14.2 Å². The quantitative estimate of drug-likeness (QED) is 0.0755. The third kappa shape index (κ3) is 80.5. The lowest BCUT2D eigenvalue weighted by molar-refractivity contribution is -0.143. The maximum Gasteiger partial charge on any atom is 0.305 e. The van der Waals surface area contributed by atoms with Gasteiger partial charge >= 0.3 is 5.97 Å². The van der Waals surface area contributed by atoms with Crippen molar-refractivity contribution in [2.24, 2.45) is 5.73 Å². The van der Waals surface area contributed by atoms with E-state index in [1.165, 1.54) is 96.3 Å². The molecule has 0 heterocycles. The molecule has 45 heavy (non-hydrogen) atoms. The van der Waals surface area contributed by atoms with Crippen LogP contribution in [0.1, 0.15) is 197 Å². The SMILES string of the molecule is CC.CCC.CCC.CCC.CCCCCCCCCCCOC(=O)CCCCCN(CCO)CCCCCCCN.COC. The topological polar surface area (TPSA) is 85.0 Å². The van der Waals surface area contributed by atoms with E-state index in [2.05, 4.69) is 58.1 Å². The summed E-state index contributed by atoms with van der Waals surface area (Å²) in [5.41, 5.74) is 5.53. The lowest BCUT2D eigenvalue weighted by Crippen LogP contribution is -2.29. The maximum atomic E-state index is 11.9. The highest BCUT2D eigenvalue weighted by Crippen LogP contribution is 2.10. The highest BCUT2D eigenvalue weighted by Gasteiger charge is 2.06. The molecule has 280 valence electrons. The largest absolute Gasteiger partial charge is 0.466 e. The third-order valence-electron chi connectivity index (χ3n) is 5.96. The molecule has 0 fully saturated rings. The molecule has 6 heteroatoms. The van der Waals surface area contributed by atoms with Gasteiger partial charge in [0.1, 0.15) is 0 Å². The highest BCUT2D eigenvalue weighted by molar-refractivity contribution is 5.69. The van der Waals surface area contributed by atoms with Crippen LogP contribution in [0.4, 0.5) is 0 Å². The number of carbonyl (C=O) groups is 1. The molecular weight excluding hydrogens is 560 g/mol. The standard InChI is InChI=1S/C26H54N2O3.3C3H8.C2H6O.C2H6/c1-2-3-4-5-6-7-8-12-18-25-31-26(30)19-14-13-17-22-28(23-24-29)21-16-11-9-10-15-20-27;4*1-3-2;1-2/h29H,2-25,27H2,1H3;3*3H2,1-2H3;1-2H3;1-2H3. The van der Waals surface area contributed by atoms with Crippen LogP contribution in [0, 0.1) is 0 Å². The zero-order valence-corrected chi connectivity index (χ0v) is 33.3. The molecule has 0 spiro atoms. The van der Waals surface area contributed by atoms with Gasteiger partial charge in [-0.1, -0.05) is 159 Å². The van der Waals surface area contributed by atoms with Gasteiger partial charge in [0.15, 0.2) is 0 Å². The predicted octanol–water partition coefficient (Wildman–Crippen LogP) is 11.4. The van der Waals surface area contributed by atoms with Crippen molar-refractivity contribution in [1.29, 1.82) is 0 Å². The first-order valence-electron chi connectivity index (χ1n) is 19.5. The first kappa shape index (κ1) is 56.6. The summed E-state index contributed by atoms with van der Waals surface area (Å²) in [6.07, 6.45) is 24.9. The van der Waals surface area contributed by atoms with Crippen LogP contribution in [0.5, 0.6) is 0 Å². The molecule has 0 aromatic heterocycles. The number of hydrogen-bond donors (Lipinski definition) is 2. The number of carbonyl (C=O) groups excluding carboxylic acids is 1. The van der Waals surface area contributed by atoms with Crippen LogP contribution >= 0.6 is 0 Å². The minimum atomic E-state index is -0.0377. The van der Waals surface area contributed by atoms with Gasteiger partial charge < -0.3 is 25.2 Å². The van der Waals surface area contributed by atoms with E-state index in [0.717, 1.165) is 58.3 Å². The first-order chi connectivity index (χ1) is 21.9. The normalized spacial score (nSPS) is 9.56. The monoisotopic (exact) mass is 651 g/mol. The third-order valence-corrected chi connectivity index (χ3v) is 5.96. The smallest absolute Gasteiger partial charge is 0.305 e. The van der Waals surface area contributed by atoms with Gasteiger partial charge in [-0.3, -0.25) is 4.79 Å². The number of esters is 1. The second-order valence-corrected chi connectivity index (χ2v) is 11.5. The summed E-state index contributed by atoms with van der Waals surface area (Å²) in [4.78, 5) is 14.2. The summed E-state index contributed by atoms with van der Waals surface area (Å²) >= 11 is 0. The Hall–Kier alpha value is -0.690. The molecule has 0 saturated carbocycles. The Labute approximate surface area is 286 Å². The lowest BCUT2D eigenvalue weighted by Gasteiger charge is -2.21. The molecule has 0 atom stereocenters. The molecule has 6 nitrogen and oxygen atoms in total. The van der Waals surface area contributed by atoms with E-state index < -0.39 is 0 Å². The highest BCUT2D eigenvalue weighted by atomic mass is 16.5. The second kappa shape index (κ2) is 65.9. The summed E-state index contributed by atoms with van der Waals surface area (Å²) in [6.45, 7) is 23.4. The van der Waals surface area contributed by atoms with E-state index in [4.69, 9.17) is 10.5 Å². The van der Waals surface area contributed by atoms with Crippen molar-refractivity contribution in [2.45, 2.75) is 197 Å². The number of rotatable bonds is 25. The van der Waals surface area contributed by atoms with Crippen LogP contribution in [0.2, 0.25) is 0 Å². The van der Waals surface area contributed by atoms with E-state index in [1.807, 2.05) is 13.8 Å². The predicted molar refractivity (Wildman–Crippen MR) is 204 cm³/mol. The number of nitrogens with zero attached hydrogens (tertiary/aromatic N) is 1. The number of unbranched alkanes of at least 4 members (excludes halogenated alkanes) is 14. The van der Waals surface area contributed by atoms with Crippen LogP contribution < -0.4 is 5.73 Å². The van der Waals surface area contributed by atoms with Crippen molar-refractivity contribution in [3.05, 3.63) is 0 Å². The Balaban J connectivity index is -0.000000230. The molecule has 0 aliphatic heterocycles. The molecule has 0 aliphatic rings. The molecule has 0 rings (SSSR count). The van der Waals surface area contributed by atoms with Crippen LogP contribution in [-0.4, -0.2) is 69.6 Å². The first-order valence-corrected chi connectivity index (χ1v) is 19.5. The fourth-order valence-corrected chi connectivity index (χ4v) is 3.94. The molecule has 0 amide bonds. The molecular formula is C39H90N2O4. The van der Waals surface area contributed by atoms with Crippen LogP contribution in [-0.2, 0) is 14.3 Å². The van der Waals surface area contributed by atoms with Gasteiger partial charge in [0.05, 0.1) is 13.2 Å². The molecule has 0 unspecified atom stereocenters. The van der Waals surface area contributed by atoms with E-state index in [9.17, 15) is 9.90 Å². The number of ether oxygens (including phenoxy) is 2. The van der Waals surface area contributed by atoms with Crippen molar-refractivity contribution in [3.8, 4) is 0 Å². The van der Waals surface area contributed by atoms with E-state index >= 15 is 0 Å². The van der Waals surface area contributed by atoms with Gasteiger partial charge in [0.2, 0.25) is 0 Å². The Bertz CT molecular complexity index is 418. The molecule has 0 bridgehead atoms. The molecule has 0 aromatic rings. The van der Waals surface area contributed by atoms with E-state index in [0.29, 0.717) is 13.0 Å². The molecule has 0 saturated heterocycles. The fourth-order valence-electron chi connectivity index (χ4n) is 3.94. The Kier molecular flexibility index (Phi) is 82.9. The average molecular weight is 651 g/mol. The Morgan fingerprint density at radius 3 is 1.33 bits per heavy atom. The number of aliphatic hydroxyl groups is 1. The molecule has 0 aromatic carbocycles. The zero-order valence-electron chi connectivity index (χ0n) is 33.3. The molecule has 3 N–H and O–H groups in total. The fraction of sp³-hybridized carbons (Fsp3) is 0.974. The number of aliphatic hydroxyl groups excluding tert-OH is 1. The number of methoxy groups -OCH3 is 1. The van der Waals surface area contributed by atoms with Crippen molar-refractivity contribution in [1.82, 2.24) is 4.90 Å². The van der Waals surface area contributed by atoms with Crippen molar-refractivity contribution >= 4 is 5.97 Å². The van der Waals surface area contributed by atoms with Crippen molar-refractivity contribution in [2.75, 3.05) is 53.6 Å². The van der Waals surface area contributed by atoms with Gasteiger partial charge in [-0.25, -0.2) is 0 Å². The molecule has 0 aliphatic carbocycles. The summed E-state index contributed by atoms with van der Waals surface area (Å²) in [6, 6.07) is 0. The van der Waals surface area contributed by atoms with Crippen LogP contribution in [0.25, 0.3) is 0 Å². The van der Waals surface area contributed by atoms with E-state index in [-0.39, 0.29) is 12.6 Å². The van der Waals surface area contributed by atoms with Crippen LogP contribution in [0.15, 0.2) is 0 Å². The van der Waals surface area contributed by atoms with Crippen molar-refractivity contribution in [3.63, 3.8) is 0 Å². The van der Waals surface area contributed by atoms with Crippen molar-refractivity contribution < 1.29 is 19.4 Å². The summed E-state index contributed by atoms with van der Waals surface area (Å²) in [5, 5.41) is 9.26. The summed E-state index contributed by atoms with van der Waals surface area (Å²) in [7, 11) is 3.25. The Morgan fingerprint density at radius 2 is 0.933 bits per heavy atom. The minimum Gasteiger partial charge on any atom is -0.466 e. The van der Waals surface area contributed by atoms with Gasteiger partial charge in [-0.2, -0.15) is 0 Å². The summed E-state index contributed by atoms with van der Waals surface area (Å²) in [5.74, 6) is -0.0377. The van der Waals surface area contributed by atoms with Crippen LogP contribution in [0.3, 0.4) is 0 Å². The zero-order chi connectivity index (χ0) is 35.7. The van der Waals surface area contributed by atoms with Gasteiger partial charge in [-0.15, -0.1) is 0 Å². The average Bonchev–Trinajstić information content (AvgIpc) is 3.02. The minimum absolute atomic E-state index is 0.0377. The second-order valence-electron chi connectivity index (χ2n) is 11.5. The number of nitrogens with two attached hydrogens (primary N) is 1. The Morgan fingerprint density at radius 1 is 0.578 bits per heavy atom. The maximum absolute atomic E-state index is 11.9. The lowest BCUT2D eigenvalue weighted by atomic mass is 10.1. The number of hydrogen-bond acceptors (Lipinski definition) is 6. The summed E-state index contributed by atoms with van der Waals surface area (Å²) < 4.78 is 9.62. The molecule has 0 radical (unpaired) electrons.